The summed E-state index contributed by atoms with van der Waals surface area (Å²) in [4.78, 5) is 29.9. The predicted molar refractivity (Wildman–Crippen MR) is 89.1 cm³/mol. The van der Waals surface area contributed by atoms with E-state index < -0.39 is 5.41 Å². The monoisotopic (exact) mass is 312 g/mol. The number of rotatable bonds is 2. The second-order valence-corrected chi connectivity index (χ2v) is 7.39. The zero-order chi connectivity index (χ0) is 16.0. The maximum atomic E-state index is 13.1. The molecule has 2 heterocycles. The highest BCUT2D eigenvalue weighted by Gasteiger charge is 2.60. The number of fused-ring (bicyclic) bond motifs is 1. The van der Waals surface area contributed by atoms with E-state index in [1.165, 1.54) is 5.56 Å². The molecule has 4 rings (SSSR count). The fourth-order valence-corrected chi connectivity index (χ4v) is 3.97. The van der Waals surface area contributed by atoms with Gasteiger partial charge in [0.05, 0.1) is 0 Å². The van der Waals surface area contributed by atoms with Gasteiger partial charge in [0.25, 0.3) is 0 Å². The quantitative estimate of drug-likeness (QED) is 0.788. The van der Waals surface area contributed by atoms with Crippen molar-refractivity contribution in [2.75, 3.05) is 24.5 Å². The van der Waals surface area contributed by atoms with Crippen molar-refractivity contribution in [2.45, 2.75) is 39.0 Å². The molecule has 1 aromatic rings. The van der Waals surface area contributed by atoms with Crippen LogP contribution in [0.5, 0.6) is 0 Å². The second kappa shape index (κ2) is 5.36. The molecule has 0 spiro atoms. The van der Waals surface area contributed by atoms with Gasteiger partial charge in [-0.05, 0) is 49.7 Å². The number of piperidine rings is 1. The highest BCUT2D eigenvalue weighted by atomic mass is 16.2. The molecule has 0 atom stereocenters. The van der Waals surface area contributed by atoms with E-state index in [0.29, 0.717) is 12.5 Å². The number of hydrogen-bond donors (Lipinski definition) is 0. The second-order valence-electron chi connectivity index (χ2n) is 7.39. The van der Waals surface area contributed by atoms with Gasteiger partial charge in [-0.1, -0.05) is 25.1 Å². The lowest BCUT2D eigenvalue weighted by Gasteiger charge is -2.34. The third-order valence-electron chi connectivity index (χ3n) is 5.77. The Morgan fingerprint density at radius 1 is 1.04 bits per heavy atom. The minimum Gasteiger partial charge on any atom is -0.342 e. The summed E-state index contributed by atoms with van der Waals surface area (Å²) in [6, 6.07) is 8.07. The molecule has 0 unspecified atom stereocenters. The Kier molecular flexibility index (Phi) is 3.43. The molecule has 1 aliphatic carbocycles. The molecular weight excluding hydrogens is 288 g/mol. The molecule has 2 fully saturated rings. The molecular formula is C19H24N2O2. The van der Waals surface area contributed by atoms with Crippen molar-refractivity contribution < 1.29 is 9.59 Å². The summed E-state index contributed by atoms with van der Waals surface area (Å²) >= 11 is 0. The van der Waals surface area contributed by atoms with Crippen molar-refractivity contribution in [1.29, 1.82) is 0 Å². The minimum absolute atomic E-state index is 0.0334. The summed E-state index contributed by atoms with van der Waals surface area (Å²) in [6.07, 6.45) is 4.45. The van der Waals surface area contributed by atoms with E-state index in [2.05, 4.69) is 13.0 Å². The maximum absolute atomic E-state index is 13.1. The van der Waals surface area contributed by atoms with Gasteiger partial charge in [-0.25, -0.2) is 0 Å². The molecule has 4 nitrogen and oxygen atoms in total. The molecule has 0 aromatic heterocycles. The molecule has 0 radical (unpaired) electrons. The standard InChI is InChI=1S/C19H24N2O2/c1-14-6-11-20(12-7-14)17(22)19(9-10-19)18(23)21-13-8-15-4-2-3-5-16(15)21/h2-5,14H,6-13H2,1H3. The van der Waals surface area contributed by atoms with E-state index in [0.717, 1.165) is 50.9 Å². The predicted octanol–water partition coefficient (Wildman–Crippen LogP) is 2.61. The smallest absolute Gasteiger partial charge is 0.242 e. The van der Waals surface area contributed by atoms with Crippen LogP contribution in [0.1, 0.15) is 38.2 Å². The van der Waals surface area contributed by atoms with Crippen LogP contribution < -0.4 is 4.90 Å². The van der Waals surface area contributed by atoms with Crippen LogP contribution in [0.25, 0.3) is 0 Å². The Hall–Kier alpha value is -1.84. The van der Waals surface area contributed by atoms with Crippen LogP contribution in [0.2, 0.25) is 0 Å². The van der Waals surface area contributed by atoms with Crippen molar-refractivity contribution in [3.8, 4) is 0 Å². The number of likely N-dealkylation sites (tertiary alicyclic amines) is 1. The molecule has 1 aromatic carbocycles. The number of anilines is 1. The van der Waals surface area contributed by atoms with Crippen molar-refractivity contribution in [1.82, 2.24) is 4.90 Å². The molecule has 1 saturated carbocycles. The largest absolute Gasteiger partial charge is 0.342 e. The lowest BCUT2D eigenvalue weighted by Crippen LogP contribution is -2.48. The first-order valence-electron chi connectivity index (χ1n) is 8.81. The van der Waals surface area contributed by atoms with Gasteiger partial charge in [-0.3, -0.25) is 9.59 Å². The molecule has 3 aliphatic rings. The van der Waals surface area contributed by atoms with Gasteiger partial charge in [0.1, 0.15) is 5.41 Å². The SMILES string of the molecule is CC1CCN(C(=O)C2(C(=O)N3CCc4ccccc43)CC2)CC1. The van der Waals surface area contributed by atoms with Crippen molar-refractivity contribution >= 4 is 17.5 Å². The maximum Gasteiger partial charge on any atom is 0.242 e. The van der Waals surface area contributed by atoms with E-state index in [9.17, 15) is 9.59 Å². The molecule has 0 bridgehead atoms. The van der Waals surface area contributed by atoms with Crippen molar-refractivity contribution in [2.24, 2.45) is 11.3 Å². The number of nitrogens with zero attached hydrogens (tertiary/aromatic N) is 2. The molecule has 23 heavy (non-hydrogen) atoms. The van der Waals surface area contributed by atoms with Crippen LogP contribution in [0.4, 0.5) is 5.69 Å². The number of carbonyl (C=O) groups excluding carboxylic acids is 2. The summed E-state index contributed by atoms with van der Waals surface area (Å²) in [5.41, 5.74) is 1.47. The molecule has 1 saturated heterocycles. The Morgan fingerprint density at radius 3 is 2.43 bits per heavy atom. The van der Waals surface area contributed by atoms with Gasteiger partial charge < -0.3 is 9.80 Å². The van der Waals surface area contributed by atoms with Crippen LogP contribution in [-0.2, 0) is 16.0 Å². The van der Waals surface area contributed by atoms with E-state index in [1.54, 1.807) is 0 Å². The summed E-state index contributed by atoms with van der Waals surface area (Å²) in [7, 11) is 0. The van der Waals surface area contributed by atoms with E-state index in [-0.39, 0.29) is 11.8 Å². The first kappa shape index (κ1) is 14.7. The zero-order valence-electron chi connectivity index (χ0n) is 13.8. The molecule has 0 N–H and O–H groups in total. The minimum atomic E-state index is -0.752. The van der Waals surface area contributed by atoms with Crippen LogP contribution in [-0.4, -0.2) is 36.3 Å². The van der Waals surface area contributed by atoms with Crippen LogP contribution in [0, 0.1) is 11.3 Å². The van der Waals surface area contributed by atoms with Crippen molar-refractivity contribution in [3.63, 3.8) is 0 Å². The van der Waals surface area contributed by atoms with Crippen molar-refractivity contribution in [3.05, 3.63) is 29.8 Å². The molecule has 2 aliphatic heterocycles. The first-order chi connectivity index (χ1) is 11.1. The van der Waals surface area contributed by atoms with Gasteiger partial charge in [0.2, 0.25) is 11.8 Å². The van der Waals surface area contributed by atoms with Crippen LogP contribution >= 0.6 is 0 Å². The highest BCUT2D eigenvalue weighted by molar-refractivity contribution is 6.14. The Balaban J connectivity index is 1.53. The van der Waals surface area contributed by atoms with Crippen LogP contribution in [0.15, 0.2) is 24.3 Å². The van der Waals surface area contributed by atoms with Crippen LogP contribution in [0.3, 0.4) is 0 Å². The van der Waals surface area contributed by atoms with E-state index in [4.69, 9.17) is 0 Å². The molecule has 2 amide bonds. The number of para-hydroxylation sites is 1. The van der Waals surface area contributed by atoms with E-state index >= 15 is 0 Å². The number of amides is 2. The Bertz CT molecular complexity index is 643. The molecule has 4 heteroatoms. The van der Waals surface area contributed by atoms with E-state index in [1.807, 2.05) is 28.0 Å². The summed E-state index contributed by atoms with van der Waals surface area (Å²) in [5, 5.41) is 0. The zero-order valence-corrected chi connectivity index (χ0v) is 13.8. The van der Waals surface area contributed by atoms with Gasteiger partial charge in [-0.15, -0.1) is 0 Å². The van der Waals surface area contributed by atoms with Gasteiger partial charge in [0.15, 0.2) is 0 Å². The average molecular weight is 312 g/mol. The third-order valence-corrected chi connectivity index (χ3v) is 5.77. The summed E-state index contributed by atoms with van der Waals surface area (Å²) < 4.78 is 0. The first-order valence-corrected chi connectivity index (χ1v) is 8.81. The van der Waals surface area contributed by atoms with Gasteiger partial charge in [0, 0.05) is 25.3 Å². The number of hydrogen-bond acceptors (Lipinski definition) is 2. The highest BCUT2D eigenvalue weighted by Crippen LogP contribution is 2.50. The average Bonchev–Trinajstić information content (AvgIpc) is 3.28. The topological polar surface area (TPSA) is 40.6 Å². The fourth-order valence-electron chi connectivity index (χ4n) is 3.97. The molecule has 122 valence electrons. The van der Waals surface area contributed by atoms with Gasteiger partial charge >= 0.3 is 0 Å². The Labute approximate surface area is 137 Å². The number of carbonyl (C=O) groups is 2. The fraction of sp³-hybridized carbons (Fsp3) is 0.579. The normalized spacial score (nSPS) is 22.8. The van der Waals surface area contributed by atoms with Gasteiger partial charge in [-0.2, -0.15) is 0 Å². The summed E-state index contributed by atoms with van der Waals surface area (Å²) in [6.45, 7) is 4.57. The Morgan fingerprint density at radius 2 is 1.74 bits per heavy atom. The summed E-state index contributed by atoms with van der Waals surface area (Å²) in [5.74, 6) is 0.806. The lowest BCUT2D eigenvalue weighted by atomic mass is 9.96. The third kappa shape index (κ3) is 2.35. The lowest BCUT2D eigenvalue weighted by molar-refractivity contribution is -0.144. The number of benzene rings is 1.